The van der Waals surface area contributed by atoms with Crippen LogP contribution in [0.25, 0.3) is 0 Å². The van der Waals surface area contributed by atoms with Crippen molar-refractivity contribution in [3.63, 3.8) is 0 Å². The summed E-state index contributed by atoms with van der Waals surface area (Å²) in [6.45, 7) is 6.39. The van der Waals surface area contributed by atoms with Crippen molar-refractivity contribution in [2.75, 3.05) is 19.7 Å². The van der Waals surface area contributed by atoms with Gasteiger partial charge in [0.25, 0.3) is 0 Å². The van der Waals surface area contributed by atoms with Crippen molar-refractivity contribution >= 4 is 29.9 Å². The Morgan fingerprint density at radius 1 is 1.38 bits per heavy atom. The molecule has 0 amide bonds. The zero-order valence-electron chi connectivity index (χ0n) is 15.1. The zero-order valence-corrected chi connectivity index (χ0v) is 17.4. The first-order valence-electron chi connectivity index (χ1n) is 8.90. The highest BCUT2D eigenvalue weighted by molar-refractivity contribution is 14.0. The average Bonchev–Trinajstić information content (AvgIpc) is 3.34. The summed E-state index contributed by atoms with van der Waals surface area (Å²) in [5, 5.41) is 15.0. The summed E-state index contributed by atoms with van der Waals surface area (Å²) in [7, 11) is 0. The first-order valence-corrected chi connectivity index (χ1v) is 8.90. The summed E-state index contributed by atoms with van der Waals surface area (Å²) in [5.41, 5.74) is 0. The summed E-state index contributed by atoms with van der Waals surface area (Å²) >= 11 is 0. The molecule has 0 saturated heterocycles. The summed E-state index contributed by atoms with van der Waals surface area (Å²) in [6, 6.07) is 3.78. The molecule has 0 spiro atoms. The first-order chi connectivity index (χ1) is 12.4. The summed E-state index contributed by atoms with van der Waals surface area (Å²) in [6.07, 6.45) is 4.72. The average molecular weight is 474 g/mol. The fraction of sp³-hybridized carbons (Fsp3) is 0.588. The van der Waals surface area contributed by atoms with Gasteiger partial charge in [-0.25, -0.2) is 4.99 Å². The molecule has 1 aliphatic rings. The van der Waals surface area contributed by atoms with Crippen molar-refractivity contribution < 1.29 is 9.15 Å². The number of nitrogens with zero attached hydrogens (tertiary/aromatic N) is 4. The number of hydrogen-bond donors (Lipinski definition) is 2. The maximum atomic E-state index is 5.57. The molecule has 2 aromatic heterocycles. The van der Waals surface area contributed by atoms with Crippen LogP contribution >= 0.6 is 24.0 Å². The Balaban J connectivity index is 0.00000243. The van der Waals surface area contributed by atoms with Crippen molar-refractivity contribution in [2.24, 2.45) is 4.99 Å². The molecule has 0 atom stereocenters. The molecule has 0 aromatic carbocycles. The van der Waals surface area contributed by atoms with Crippen LogP contribution in [-0.2, 0) is 30.9 Å². The van der Waals surface area contributed by atoms with Crippen LogP contribution in [0.15, 0.2) is 27.8 Å². The molecule has 9 heteroatoms. The molecule has 0 aliphatic carbocycles. The molecule has 3 heterocycles. The highest BCUT2D eigenvalue weighted by atomic mass is 127. The number of rotatable bonds is 9. The number of aromatic nitrogens is 3. The minimum absolute atomic E-state index is 0. The van der Waals surface area contributed by atoms with E-state index in [2.05, 4.69) is 37.3 Å². The molecule has 0 radical (unpaired) electrons. The number of fused-ring (bicyclic) bond motifs is 1. The molecule has 0 bridgehead atoms. The van der Waals surface area contributed by atoms with Crippen molar-refractivity contribution in [3.05, 3.63) is 35.8 Å². The van der Waals surface area contributed by atoms with Gasteiger partial charge in [0.15, 0.2) is 11.8 Å². The molecule has 26 heavy (non-hydrogen) atoms. The van der Waals surface area contributed by atoms with Crippen molar-refractivity contribution in [2.45, 2.75) is 45.9 Å². The van der Waals surface area contributed by atoms with Gasteiger partial charge in [-0.2, -0.15) is 0 Å². The van der Waals surface area contributed by atoms with Gasteiger partial charge in [-0.15, -0.1) is 34.2 Å². The number of aryl methyl sites for hydroxylation is 1. The van der Waals surface area contributed by atoms with E-state index in [0.29, 0.717) is 19.8 Å². The highest BCUT2D eigenvalue weighted by Crippen LogP contribution is 2.14. The van der Waals surface area contributed by atoms with E-state index < -0.39 is 0 Å². The monoisotopic (exact) mass is 474 g/mol. The Morgan fingerprint density at radius 2 is 2.31 bits per heavy atom. The molecule has 2 N–H and O–H groups in total. The Bertz CT molecular complexity index is 671. The number of guanidine groups is 1. The predicted octanol–water partition coefficient (Wildman–Crippen LogP) is 2.10. The van der Waals surface area contributed by atoms with Gasteiger partial charge in [0, 0.05) is 32.7 Å². The van der Waals surface area contributed by atoms with Crippen molar-refractivity contribution in [1.29, 1.82) is 0 Å². The lowest BCUT2D eigenvalue weighted by molar-refractivity contribution is 0.105. The van der Waals surface area contributed by atoms with Gasteiger partial charge < -0.3 is 24.4 Å². The van der Waals surface area contributed by atoms with E-state index >= 15 is 0 Å². The predicted molar refractivity (Wildman–Crippen MR) is 110 cm³/mol. The standard InChI is InChI=1S/C17H26N6O2.HI/c1-2-18-17(19-8-5-10-24-13-14-6-4-11-25-14)20-12-16-22-21-15-7-3-9-23(15)16;/h4,6,11H,2-3,5,7-10,12-13H2,1H3,(H2,18,19,20);1H. The quantitative estimate of drug-likeness (QED) is 0.251. The third-order valence-electron chi connectivity index (χ3n) is 3.99. The molecule has 2 aromatic rings. The molecule has 0 unspecified atom stereocenters. The smallest absolute Gasteiger partial charge is 0.191 e. The van der Waals surface area contributed by atoms with E-state index in [1.165, 1.54) is 0 Å². The van der Waals surface area contributed by atoms with E-state index in [0.717, 1.165) is 62.3 Å². The van der Waals surface area contributed by atoms with E-state index in [4.69, 9.17) is 9.15 Å². The zero-order chi connectivity index (χ0) is 17.3. The summed E-state index contributed by atoms with van der Waals surface area (Å²) in [4.78, 5) is 4.61. The molecular weight excluding hydrogens is 447 g/mol. The minimum atomic E-state index is 0. The fourth-order valence-electron chi connectivity index (χ4n) is 2.77. The minimum Gasteiger partial charge on any atom is -0.467 e. The second-order valence-electron chi connectivity index (χ2n) is 5.90. The molecule has 144 valence electrons. The molecular formula is C17H27IN6O2. The van der Waals surface area contributed by atoms with Gasteiger partial charge in [-0.3, -0.25) is 0 Å². The Labute approximate surface area is 170 Å². The van der Waals surface area contributed by atoms with Gasteiger partial charge in [0.2, 0.25) is 0 Å². The maximum absolute atomic E-state index is 5.57. The van der Waals surface area contributed by atoms with Crippen molar-refractivity contribution in [1.82, 2.24) is 25.4 Å². The maximum Gasteiger partial charge on any atom is 0.191 e. The highest BCUT2D eigenvalue weighted by Gasteiger charge is 2.16. The fourth-order valence-corrected chi connectivity index (χ4v) is 2.77. The molecule has 0 saturated carbocycles. The van der Waals surface area contributed by atoms with Crippen LogP contribution in [0.1, 0.15) is 37.2 Å². The molecule has 8 nitrogen and oxygen atoms in total. The molecule has 0 fully saturated rings. The van der Waals surface area contributed by atoms with Crippen LogP contribution in [0.5, 0.6) is 0 Å². The summed E-state index contributed by atoms with van der Waals surface area (Å²) in [5.74, 6) is 3.66. The van der Waals surface area contributed by atoms with Crippen LogP contribution < -0.4 is 10.6 Å². The van der Waals surface area contributed by atoms with Crippen molar-refractivity contribution in [3.8, 4) is 0 Å². The summed E-state index contributed by atoms with van der Waals surface area (Å²) < 4.78 is 13.0. The van der Waals surface area contributed by atoms with Gasteiger partial charge in [0.05, 0.1) is 6.26 Å². The van der Waals surface area contributed by atoms with Crippen LogP contribution in [0.3, 0.4) is 0 Å². The van der Waals surface area contributed by atoms with E-state index in [9.17, 15) is 0 Å². The number of nitrogens with one attached hydrogen (secondary N) is 2. The van der Waals surface area contributed by atoms with Gasteiger partial charge >= 0.3 is 0 Å². The second-order valence-corrected chi connectivity index (χ2v) is 5.90. The Kier molecular flexibility index (Phi) is 8.89. The number of ether oxygens (including phenoxy) is 1. The van der Waals surface area contributed by atoms with Crippen LogP contribution in [0.4, 0.5) is 0 Å². The SMILES string of the molecule is CCNC(=NCc1nnc2n1CCC2)NCCCOCc1ccco1.I. The topological polar surface area (TPSA) is 89.5 Å². The van der Waals surface area contributed by atoms with Crippen LogP contribution in [-0.4, -0.2) is 40.4 Å². The van der Waals surface area contributed by atoms with Gasteiger partial charge in [-0.05, 0) is 31.9 Å². The normalized spacial score (nSPS) is 13.3. The van der Waals surface area contributed by atoms with Crippen LogP contribution in [0.2, 0.25) is 0 Å². The van der Waals surface area contributed by atoms with E-state index in [1.54, 1.807) is 6.26 Å². The van der Waals surface area contributed by atoms with Gasteiger partial charge in [0.1, 0.15) is 24.7 Å². The van der Waals surface area contributed by atoms with E-state index in [-0.39, 0.29) is 24.0 Å². The number of hydrogen-bond acceptors (Lipinski definition) is 5. The third-order valence-corrected chi connectivity index (χ3v) is 3.99. The number of aliphatic imine (C=N–C) groups is 1. The third kappa shape index (κ3) is 5.97. The Hall–Kier alpha value is -1.62. The lowest BCUT2D eigenvalue weighted by atomic mass is 10.4. The molecule has 3 rings (SSSR count). The van der Waals surface area contributed by atoms with Crippen LogP contribution in [0, 0.1) is 0 Å². The largest absolute Gasteiger partial charge is 0.467 e. The Morgan fingerprint density at radius 3 is 3.12 bits per heavy atom. The first kappa shape index (κ1) is 20.7. The van der Waals surface area contributed by atoms with E-state index in [1.807, 2.05) is 12.1 Å². The molecule has 1 aliphatic heterocycles. The second kappa shape index (κ2) is 11.2. The number of furan rings is 1. The van der Waals surface area contributed by atoms with Gasteiger partial charge in [-0.1, -0.05) is 0 Å². The number of halogens is 1. The lowest BCUT2D eigenvalue weighted by Gasteiger charge is -2.11. The lowest BCUT2D eigenvalue weighted by Crippen LogP contribution is -2.38.